The van der Waals surface area contributed by atoms with Crippen LogP contribution in [-0.4, -0.2) is 22.5 Å². The van der Waals surface area contributed by atoms with Crippen molar-refractivity contribution in [2.24, 2.45) is 10.9 Å². The molecular formula is C14H20BrN3O2. The number of hydrogen-bond acceptors (Lipinski definition) is 3. The van der Waals surface area contributed by atoms with Crippen LogP contribution in [0.4, 0.5) is 0 Å². The maximum Gasteiger partial charge on any atom is 0.252 e. The summed E-state index contributed by atoms with van der Waals surface area (Å²) in [5, 5.41) is 14.8. The van der Waals surface area contributed by atoms with Gasteiger partial charge in [0.25, 0.3) is 5.91 Å². The van der Waals surface area contributed by atoms with Crippen LogP contribution in [0.2, 0.25) is 0 Å². The first-order valence-electron chi connectivity index (χ1n) is 6.46. The summed E-state index contributed by atoms with van der Waals surface area (Å²) in [7, 11) is 0. The molecule has 0 heterocycles. The van der Waals surface area contributed by atoms with Crippen molar-refractivity contribution in [3.63, 3.8) is 0 Å². The van der Waals surface area contributed by atoms with Crippen LogP contribution in [0.15, 0.2) is 27.8 Å². The molecule has 0 saturated carbocycles. The Kier molecular flexibility index (Phi) is 5.56. The molecule has 1 rings (SSSR count). The monoisotopic (exact) mass is 341 g/mol. The zero-order valence-electron chi connectivity index (χ0n) is 11.9. The number of amides is 1. The second kappa shape index (κ2) is 6.74. The number of oxime groups is 1. The van der Waals surface area contributed by atoms with Gasteiger partial charge in [-0.05, 0) is 43.5 Å². The minimum absolute atomic E-state index is 0.0163. The lowest BCUT2D eigenvalue weighted by atomic mass is 9.91. The summed E-state index contributed by atoms with van der Waals surface area (Å²) in [4.78, 5) is 12.4. The average Bonchev–Trinajstić information content (AvgIpc) is 2.42. The van der Waals surface area contributed by atoms with Crippen molar-refractivity contribution in [2.75, 3.05) is 0 Å². The van der Waals surface area contributed by atoms with Gasteiger partial charge in [0.05, 0.1) is 0 Å². The highest BCUT2D eigenvalue weighted by molar-refractivity contribution is 9.10. The second-order valence-electron chi connectivity index (χ2n) is 4.75. The van der Waals surface area contributed by atoms with Gasteiger partial charge >= 0.3 is 0 Å². The van der Waals surface area contributed by atoms with E-state index in [1.54, 1.807) is 12.1 Å². The number of amidine groups is 1. The number of hydrogen-bond donors (Lipinski definition) is 3. The van der Waals surface area contributed by atoms with E-state index in [-0.39, 0.29) is 11.7 Å². The average molecular weight is 342 g/mol. The SMILES string of the molecule is CCC(CC)(NC(=O)c1cc(C)cc(Br)c1)/C(N)=N/O. The van der Waals surface area contributed by atoms with Gasteiger partial charge in [-0.2, -0.15) is 0 Å². The zero-order valence-corrected chi connectivity index (χ0v) is 13.5. The standard InChI is InChI=1S/C14H20BrN3O2/c1-4-14(5-2,13(16)18-20)17-12(19)10-6-9(3)7-11(15)8-10/h6-8,20H,4-5H2,1-3H3,(H2,16,18)(H,17,19). The van der Waals surface area contributed by atoms with Gasteiger partial charge in [-0.3, -0.25) is 4.79 Å². The van der Waals surface area contributed by atoms with Gasteiger partial charge in [-0.1, -0.05) is 34.9 Å². The number of nitrogens with two attached hydrogens (primary N) is 1. The molecule has 0 aliphatic heterocycles. The fourth-order valence-electron chi connectivity index (χ4n) is 2.11. The molecule has 1 aromatic rings. The Labute approximate surface area is 127 Å². The van der Waals surface area contributed by atoms with Gasteiger partial charge in [0.1, 0.15) is 5.54 Å². The fraction of sp³-hybridized carbons (Fsp3) is 0.429. The Bertz CT molecular complexity index is 505. The van der Waals surface area contributed by atoms with Crippen molar-refractivity contribution in [1.29, 1.82) is 0 Å². The van der Waals surface area contributed by atoms with E-state index in [1.165, 1.54) is 0 Å². The van der Waals surface area contributed by atoms with Crippen molar-refractivity contribution in [2.45, 2.75) is 39.2 Å². The Morgan fingerprint density at radius 3 is 2.45 bits per heavy atom. The topological polar surface area (TPSA) is 87.7 Å². The van der Waals surface area contributed by atoms with E-state index in [4.69, 9.17) is 10.9 Å². The Morgan fingerprint density at radius 2 is 2.00 bits per heavy atom. The summed E-state index contributed by atoms with van der Waals surface area (Å²) in [6, 6.07) is 5.46. The highest BCUT2D eigenvalue weighted by Crippen LogP contribution is 2.19. The molecule has 0 fully saturated rings. The fourth-order valence-corrected chi connectivity index (χ4v) is 2.71. The molecule has 20 heavy (non-hydrogen) atoms. The van der Waals surface area contributed by atoms with E-state index in [0.29, 0.717) is 18.4 Å². The number of nitrogens with zero attached hydrogens (tertiary/aromatic N) is 1. The molecule has 0 atom stereocenters. The van der Waals surface area contributed by atoms with E-state index in [1.807, 2.05) is 26.8 Å². The van der Waals surface area contributed by atoms with E-state index in [0.717, 1.165) is 10.0 Å². The first-order chi connectivity index (χ1) is 9.38. The maximum atomic E-state index is 12.4. The highest BCUT2D eigenvalue weighted by atomic mass is 79.9. The van der Waals surface area contributed by atoms with Crippen LogP contribution < -0.4 is 11.1 Å². The summed E-state index contributed by atoms with van der Waals surface area (Å²) in [5.74, 6) is -0.229. The first kappa shape index (κ1) is 16.5. The molecular weight excluding hydrogens is 322 g/mol. The molecule has 0 aromatic heterocycles. The predicted octanol–water partition coefficient (Wildman–Crippen LogP) is 2.79. The van der Waals surface area contributed by atoms with E-state index in [9.17, 15) is 4.79 Å². The van der Waals surface area contributed by atoms with Crippen LogP contribution in [0.3, 0.4) is 0 Å². The van der Waals surface area contributed by atoms with Gasteiger partial charge in [-0.15, -0.1) is 0 Å². The summed E-state index contributed by atoms with van der Waals surface area (Å²) in [6.07, 6.45) is 1.08. The quantitative estimate of drug-likeness (QED) is 0.333. The van der Waals surface area contributed by atoms with Crippen LogP contribution in [0.5, 0.6) is 0 Å². The maximum absolute atomic E-state index is 12.4. The van der Waals surface area contributed by atoms with Crippen molar-refractivity contribution in [3.8, 4) is 0 Å². The number of nitrogens with one attached hydrogen (secondary N) is 1. The zero-order chi connectivity index (χ0) is 15.3. The number of carbonyl (C=O) groups is 1. The molecule has 1 amide bonds. The van der Waals surface area contributed by atoms with Crippen molar-refractivity contribution in [3.05, 3.63) is 33.8 Å². The number of carbonyl (C=O) groups excluding carboxylic acids is 1. The van der Waals surface area contributed by atoms with E-state index >= 15 is 0 Å². The third-order valence-corrected chi connectivity index (χ3v) is 3.92. The van der Waals surface area contributed by atoms with Crippen LogP contribution in [-0.2, 0) is 0 Å². The summed E-state index contributed by atoms with van der Waals surface area (Å²) in [5.41, 5.74) is 6.42. The van der Waals surface area contributed by atoms with E-state index < -0.39 is 5.54 Å². The molecule has 0 unspecified atom stereocenters. The smallest absolute Gasteiger partial charge is 0.252 e. The Morgan fingerprint density at radius 1 is 1.40 bits per heavy atom. The van der Waals surface area contributed by atoms with Gasteiger partial charge in [-0.25, -0.2) is 0 Å². The predicted molar refractivity (Wildman–Crippen MR) is 83.1 cm³/mol. The third kappa shape index (κ3) is 3.50. The summed E-state index contributed by atoms with van der Waals surface area (Å²) < 4.78 is 0.838. The summed E-state index contributed by atoms with van der Waals surface area (Å²) in [6.45, 7) is 5.68. The van der Waals surface area contributed by atoms with Gasteiger partial charge in [0.2, 0.25) is 0 Å². The lowest BCUT2D eigenvalue weighted by Gasteiger charge is -2.31. The summed E-state index contributed by atoms with van der Waals surface area (Å²) >= 11 is 3.37. The molecule has 110 valence electrons. The number of benzene rings is 1. The molecule has 4 N–H and O–H groups in total. The van der Waals surface area contributed by atoms with Crippen LogP contribution >= 0.6 is 15.9 Å². The highest BCUT2D eigenvalue weighted by Gasteiger charge is 2.33. The number of aryl methyl sites for hydroxylation is 1. The van der Waals surface area contributed by atoms with Crippen LogP contribution in [0.25, 0.3) is 0 Å². The Balaban J connectivity index is 3.08. The minimum atomic E-state index is -0.831. The molecule has 6 heteroatoms. The lowest BCUT2D eigenvalue weighted by Crippen LogP contribution is -2.56. The molecule has 1 aromatic carbocycles. The molecule has 0 saturated heterocycles. The van der Waals surface area contributed by atoms with E-state index in [2.05, 4.69) is 26.4 Å². The van der Waals surface area contributed by atoms with Crippen LogP contribution in [0.1, 0.15) is 42.6 Å². The van der Waals surface area contributed by atoms with Gasteiger partial charge in [0, 0.05) is 10.0 Å². The first-order valence-corrected chi connectivity index (χ1v) is 7.25. The number of halogens is 1. The molecule has 0 aliphatic rings. The molecule has 5 nitrogen and oxygen atoms in total. The molecule has 0 radical (unpaired) electrons. The van der Waals surface area contributed by atoms with Gasteiger partial charge < -0.3 is 16.3 Å². The molecule has 0 aliphatic carbocycles. The van der Waals surface area contributed by atoms with Crippen LogP contribution in [0, 0.1) is 6.92 Å². The second-order valence-corrected chi connectivity index (χ2v) is 5.66. The van der Waals surface area contributed by atoms with Crippen molar-refractivity contribution < 1.29 is 10.0 Å². The number of rotatable bonds is 5. The molecule has 0 spiro atoms. The lowest BCUT2D eigenvalue weighted by molar-refractivity contribution is 0.0917. The molecule has 0 bridgehead atoms. The Hall–Kier alpha value is -1.56. The van der Waals surface area contributed by atoms with Crippen molar-refractivity contribution in [1.82, 2.24) is 5.32 Å². The third-order valence-electron chi connectivity index (χ3n) is 3.46. The minimum Gasteiger partial charge on any atom is -0.409 e. The van der Waals surface area contributed by atoms with Crippen molar-refractivity contribution >= 4 is 27.7 Å². The normalized spacial score (nSPS) is 12.3. The van der Waals surface area contributed by atoms with Gasteiger partial charge in [0.15, 0.2) is 5.84 Å². The largest absolute Gasteiger partial charge is 0.409 e.